The van der Waals surface area contributed by atoms with E-state index in [0.29, 0.717) is 11.3 Å². The van der Waals surface area contributed by atoms with E-state index in [1.807, 2.05) is 30.5 Å². The Balaban J connectivity index is 1.58. The smallest absolute Gasteiger partial charge is 0.342 e. The second-order valence-corrected chi connectivity index (χ2v) is 6.91. The second kappa shape index (κ2) is 8.27. The minimum Gasteiger partial charge on any atom is -0.496 e. The number of methoxy groups -OCH3 is 1. The number of hydrogen-bond donors (Lipinski definition) is 1. The summed E-state index contributed by atoms with van der Waals surface area (Å²) in [4.78, 5) is 25.3. The van der Waals surface area contributed by atoms with Gasteiger partial charge in [-0.25, -0.2) is 4.79 Å². The minimum atomic E-state index is -0.585. The molecule has 1 amide bonds. The largest absolute Gasteiger partial charge is 0.496 e. The summed E-state index contributed by atoms with van der Waals surface area (Å²) in [6.07, 6.45) is 5.23. The molecule has 0 aliphatic heterocycles. The SMILES string of the molecule is COc1cc(SC)ccc1C(=O)OCC(=O)Nc1ccc2c(c1)CCC2. The highest BCUT2D eigenvalue weighted by atomic mass is 32.2. The first-order valence-corrected chi connectivity index (χ1v) is 9.64. The fourth-order valence-electron chi connectivity index (χ4n) is 3.02. The van der Waals surface area contributed by atoms with Crippen molar-refractivity contribution in [2.75, 3.05) is 25.3 Å². The molecule has 5 nitrogen and oxygen atoms in total. The van der Waals surface area contributed by atoms with Crippen LogP contribution >= 0.6 is 11.8 Å². The number of anilines is 1. The van der Waals surface area contributed by atoms with E-state index in [2.05, 4.69) is 5.32 Å². The van der Waals surface area contributed by atoms with Crippen LogP contribution in [-0.4, -0.2) is 31.8 Å². The van der Waals surface area contributed by atoms with Gasteiger partial charge in [-0.3, -0.25) is 4.79 Å². The third kappa shape index (κ3) is 4.19. The van der Waals surface area contributed by atoms with E-state index in [1.165, 1.54) is 18.2 Å². The number of benzene rings is 2. The van der Waals surface area contributed by atoms with Crippen molar-refractivity contribution in [3.63, 3.8) is 0 Å². The van der Waals surface area contributed by atoms with Gasteiger partial charge in [0.1, 0.15) is 11.3 Å². The number of nitrogens with one attached hydrogen (secondary N) is 1. The normalized spacial score (nSPS) is 12.4. The molecule has 6 heteroatoms. The first-order valence-electron chi connectivity index (χ1n) is 8.41. The summed E-state index contributed by atoms with van der Waals surface area (Å²) >= 11 is 1.55. The molecule has 0 unspecified atom stereocenters. The van der Waals surface area contributed by atoms with Crippen molar-refractivity contribution in [2.45, 2.75) is 24.2 Å². The molecule has 0 bridgehead atoms. The number of thioether (sulfide) groups is 1. The zero-order valence-corrected chi connectivity index (χ0v) is 15.7. The van der Waals surface area contributed by atoms with Crippen molar-refractivity contribution in [1.82, 2.24) is 0 Å². The van der Waals surface area contributed by atoms with Crippen molar-refractivity contribution < 1.29 is 19.1 Å². The molecule has 0 aromatic heterocycles. The highest BCUT2D eigenvalue weighted by molar-refractivity contribution is 7.98. The Hall–Kier alpha value is -2.47. The van der Waals surface area contributed by atoms with E-state index in [-0.39, 0.29) is 12.5 Å². The van der Waals surface area contributed by atoms with Crippen molar-refractivity contribution in [2.24, 2.45) is 0 Å². The lowest BCUT2D eigenvalue weighted by Crippen LogP contribution is -2.21. The second-order valence-electron chi connectivity index (χ2n) is 6.03. The predicted molar refractivity (Wildman–Crippen MR) is 102 cm³/mol. The average Bonchev–Trinajstić information content (AvgIpc) is 3.13. The maximum absolute atomic E-state index is 12.2. The van der Waals surface area contributed by atoms with E-state index in [0.717, 1.165) is 29.8 Å². The van der Waals surface area contributed by atoms with Gasteiger partial charge in [0.05, 0.1) is 7.11 Å². The summed E-state index contributed by atoms with van der Waals surface area (Å²) < 4.78 is 10.4. The van der Waals surface area contributed by atoms with Crippen LogP contribution in [0.15, 0.2) is 41.3 Å². The van der Waals surface area contributed by atoms with Gasteiger partial charge in [-0.1, -0.05) is 6.07 Å². The zero-order valence-electron chi connectivity index (χ0n) is 14.8. The van der Waals surface area contributed by atoms with E-state index in [1.54, 1.807) is 23.9 Å². The summed E-state index contributed by atoms with van der Waals surface area (Å²) in [6.45, 7) is -0.344. The molecule has 136 valence electrons. The number of hydrogen-bond acceptors (Lipinski definition) is 5. The molecule has 0 saturated heterocycles. The van der Waals surface area contributed by atoms with Gasteiger partial charge >= 0.3 is 5.97 Å². The van der Waals surface area contributed by atoms with Crippen LogP contribution in [0.5, 0.6) is 5.75 Å². The van der Waals surface area contributed by atoms with Gasteiger partial charge in [-0.05, 0) is 67.0 Å². The first kappa shape index (κ1) is 18.3. The third-order valence-electron chi connectivity index (χ3n) is 4.35. The molecule has 0 radical (unpaired) electrons. The molecule has 1 aliphatic rings. The first-order chi connectivity index (χ1) is 12.6. The Labute approximate surface area is 157 Å². The molecule has 1 N–H and O–H groups in total. The monoisotopic (exact) mass is 371 g/mol. The quantitative estimate of drug-likeness (QED) is 0.620. The molecule has 26 heavy (non-hydrogen) atoms. The standard InChI is InChI=1S/C20H21NO4S/c1-24-18-11-16(26-2)8-9-17(18)20(23)25-12-19(22)21-15-7-6-13-4-3-5-14(13)10-15/h6-11H,3-5,12H2,1-2H3,(H,21,22). The van der Waals surface area contributed by atoms with Gasteiger partial charge in [0.2, 0.25) is 0 Å². The van der Waals surface area contributed by atoms with Crippen molar-refractivity contribution in [1.29, 1.82) is 0 Å². The molecule has 2 aromatic carbocycles. The highest BCUT2D eigenvalue weighted by Crippen LogP contribution is 2.26. The number of ether oxygens (including phenoxy) is 2. The number of amides is 1. The van der Waals surface area contributed by atoms with Crippen LogP contribution in [-0.2, 0) is 22.4 Å². The zero-order chi connectivity index (χ0) is 18.5. The molecule has 1 aliphatic carbocycles. The van der Waals surface area contributed by atoms with Crippen LogP contribution in [0.3, 0.4) is 0 Å². The van der Waals surface area contributed by atoms with E-state index >= 15 is 0 Å². The van der Waals surface area contributed by atoms with Gasteiger partial charge in [0.15, 0.2) is 6.61 Å². The Bertz CT molecular complexity index is 835. The predicted octanol–water partition coefficient (Wildman–Crippen LogP) is 3.70. The Morgan fingerprint density at radius 2 is 1.92 bits per heavy atom. The maximum atomic E-state index is 12.2. The summed E-state index contributed by atoms with van der Waals surface area (Å²) in [5.74, 6) is -0.518. The highest BCUT2D eigenvalue weighted by Gasteiger charge is 2.17. The van der Waals surface area contributed by atoms with Gasteiger partial charge in [-0.15, -0.1) is 11.8 Å². The summed E-state index contributed by atoms with van der Waals surface area (Å²) in [7, 11) is 1.50. The topological polar surface area (TPSA) is 64.6 Å². The van der Waals surface area contributed by atoms with E-state index in [9.17, 15) is 9.59 Å². The lowest BCUT2D eigenvalue weighted by Gasteiger charge is -2.11. The van der Waals surface area contributed by atoms with E-state index in [4.69, 9.17) is 9.47 Å². The molecule has 3 rings (SSSR count). The average molecular weight is 371 g/mol. The number of carbonyl (C=O) groups excluding carboxylic acids is 2. The van der Waals surface area contributed by atoms with Crippen molar-refractivity contribution in [3.05, 3.63) is 53.1 Å². The lowest BCUT2D eigenvalue weighted by atomic mass is 10.1. The Kier molecular flexibility index (Phi) is 5.83. The molecule has 0 fully saturated rings. The third-order valence-corrected chi connectivity index (χ3v) is 5.07. The van der Waals surface area contributed by atoms with Gasteiger partial charge in [-0.2, -0.15) is 0 Å². The van der Waals surface area contributed by atoms with Crippen LogP contribution in [0.25, 0.3) is 0 Å². The summed E-state index contributed by atoms with van der Waals surface area (Å²) in [6, 6.07) is 11.1. The molecule has 0 spiro atoms. The number of fused-ring (bicyclic) bond motifs is 1. The van der Waals surface area contributed by atoms with Gasteiger partial charge < -0.3 is 14.8 Å². The number of aryl methyl sites for hydroxylation is 2. The summed E-state index contributed by atoms with van der Waals surface area (Å²) in [5, 5.41) is 2.77. The maximum Gasteiger partial charge on any atom is 0.342 e. The fourth-order valence-corrected chi connectivity index (χ4v) is 3.45. The molecule has 0 heterocycles. The lowest BCUT2D eigenvalue weighted by molar-refractivity contribution is -0.119. The van der Waals surface area contributed by atoms with Crippen LogP contribution < -0.4 is 10.1 Å². The Morgan fingerprint density at radius 1 is 1.12 bits per heavy atom. The van der Waals surface area contributed by atoms with Crippen LogP contribution in [0, 0.1) is 0 Å². The van der Waals surface area contributed by atoms with Crippen LogP contribution in [0.2, 0.25) is 0 Å². The minimum absolute atomic E-state index is 0.302. The van der Waals surface area contributed by atoms with Crippen LogP contribution in [0.1, 0.15) is 27.9 Å². The van der Waals surface area contributed by atoms with Gasteiger partial charge in [0, 0.05) is 10.6 Å². The fraction of sp³-hybridized carbons (Fsp3) is 0.300. The molecule has 0 atom stereocenters. The molecule has 0 saturated carbocycles. The molecular weight excluding hydrogens is 350 g/mol. The van der Waals surface area contributed by atoms with Crippen LogP contribution in [0.4, 0.5) is 5.69 Å². The van der Waals surface area contributed by atoms with Gasteiger partial charge in [0.25, 0.3) is 5.91 Å². The number of rotatable bonds is 6. The number of esters is 1. The van der Waals surface area contributed by atoms with E-state index < -0.39 is 5.97 Å². The Morgan fingerprint density at radius 3 is 2.69 bits per heavy atom. The van der Waals surface area contributed by atoms with Crippen molar-refractivity contribution >= 4 is 29.3 Å². The number of carbonyl (C=O) groups is 2. The summed E-state index contributed by atoms with van der Waals surface area (Å²) in [5.41, 5.74) is 3.65. The van der Waals surface area contributed by atoms with Crippen molar-refractivity contribution in [3.8, 4) is 5.75 Å². The molecular formula is C20H21NO4S. The molecule has 2 aromatic rings.